The van der Waals surface area contributed by atoms with E-state index in [0.717, 1.165) is 6.08 Å². The highest BCUT2D eigenvalue weighted by Crippen LogP contribution is 2.42. The Morgan fingerprint density at radius 3 is 2.70 bits per heavy atom. The highest BCUT2D eigenvalue weighted by atomic mass is 16.7. The molecule has 1 heterocycles. The van der Waals surface area contributed by atoms with Crippen molar-refractivity contribution < 1.29 is 38.9 Å². The van der Waals surface area contributed by atoms with Crippen molar-refractivity contribution in [3.63, 3.8) is 0 Å². The minimum atomic E-state index is -0.905. The van der Waals surface area contributed by atoms with Gasteiger partial charge in [-0.15, -0.1) is 0 Å². The molecular formula is C23H26N2O8. The third kappa shape index (κ3) is 6.15. The van der Waals surface area contributed by atoms with Gasteiger partial charge in [0.25, 0.3) is 5.91 Å². The Morgan fingerprint density at radius 1 is 1.18 bits per heavy atom. The Hall–Kier alpha value is -3.76. The number of hydroxylamine groups is 1. The molecule has 1 aliphatic heterocycles. The molecule has 4 N–H and O–H groups in total. The molecule has 0 saturated heterocycles. The number of ether oxygens (including phenoxy) is 4. The zero-order valence-corrected chi connectivity index (χ0v) is 18.2. The maximum Gasteiger partial charge on any atom is 0.412 e. The number of fused-ring (bicyclic) bond motifs is 1. The summed E-state index contributed by atoms with van der Waals surface area (Å²) >= 11 is 0. The van der Waals surface area contributed by atoms with Crippen LogP contribution in [0, 0.1) is 5.41 Å². The van der Waals surface area contributed by atoms with Gasteiger partial charge in [-0.2, -0.15) is 0 Å². The van der Waals surface area contributed by atoms with Crippen LogP contribution in [0.4, 0.5) is 10.5 Å². The first kappa shape index (κ1) is 23.9. The fourth-order valence-electron chi connectivity index (χ4n) is 3.24. The molecule has 0 fully saturated rings. The molecule has 0 saturated carbocycles. The monoisotopic (exact) mass is 458 g/mol. The van der Waals surface area contributed by atoms with E-state index < -0.39 is 23.5 Å². The summed E-state index contributed by atoms with van der Waals surface area (Å²) in [6, 6.07) is 11.9. The standard InChI is InChI=1S/C23H26N2O8/c1-23(2,10-9-20(27)25-29)21(16-5-3-4-6-17(16)30-12-11-26)33-22(28)24-15-7-8-18-19(13-15)32-14-31-18/h3-10,13,21,26,29H,11-12,14H2,1-2H3,(H,24,28)(H,25,27)/b10-9+/t21-/m1/s1. The van der Waals surface area contributed by atoms with Gasteiger partial charge < -0.3 is 24.1 Å². The van der Waals surface area contributed by atoms with Crippen LogP contribution in [0.15, 0.2) is 54.6 Å². The topological polar surface area (TPSA) is 136 Å². The second-order valence-electron chi connectivity index (χ2n) is 7.72. The van der Waals surface area contributed by atoms with Crippen molar-refractivity contribution in [2.75, 3.05) is 25.3 Å². The summed E-state index contributed by atoms with van der Waals surface area (Å²) in [7, 11) is 0. The van der Waals surface area contributed by atoms with Gasteiger partial charge in [-0.25, -0.2) is 10.3 Å². The van der Waals surface area contributed by atoms with Gasteiger partial charge in [0.15, 0.2) is 11.5 Å². The molecule has 1 atom stereocenters. The first-order valence-electron chi connectivity index (χ1n) is 10.2. The van der Waals surface area contributed by atoms with Crippen LogP contribution in [0.5, 0.6) is 17.2 Å². The zero-order chi connectivity index (χ0) is 23.8. The predicted octanol–water partition coefficient (Wildman–Crippen LogP) is 3.16. The fourth-order valence-corrected chi connectivity index (χ4v) is 3.24. The molecule has 1 aliphatic rings. The van der Waals surface area contributed by atoms with E-state index in [1.807, 2.05) is 0 Å². The number of rotatable bonds is 9. The van der Waals surface area contributed by atoms with Crippen LogP contribution in [0.3, 0.4) is 0 Å². The molecule has 10 heteroatoms. The van der Waals surface area contributed by atoms with Crippen LogP contribution >= 0.6 is 0 Å². The molecule has 176 valence electrons. The number of hydrogen-bond acceptors (Lipinski definition) is 8. The van der Waals surface area contributed by atoms with Crippen LogP contribution < -0.4 is 25.0 Å². The van der Waals surface area contributed by atoms with Gasteiger partial charge >= 0.3 is 6.09 Å². The molecule has 10 nitrogen and oxygen atoms in total. The normalized spacial score (nSPS) is 13.5. The van der Waals surface area contributed by atoms with Crippen molar-refractivity contribution in [1.29, 1.82) is 0 Å². The summed E-state index contributed by atoms with van der Waals surface area (Å²) in [6.07, 6.45) is 1.01. The molecule has 0 aliphatic carbocycles. The number of aliphatic hydroxyl groups excluding tert-OH is 1. The lowest BCUT2D eigenvalue weighted by atomic mass is 9.81. The Kier molecular flexibility index (Phi) is 7.75. The molecule has 0 bridgehead atoms. The average Bonchev–Trinajstić information content (AvgIpc) is 3.28. The highest BCUT2D eigenvalue weighted by molar-refractivity contribution is 5.87. The lowest BCUT2D eigenvalue weighted by Gasteiger charge is -2.32. The van der Waals surface area contributed by atoms with E-state index in [2.05, 4.69) is 5.32 Å². The zero-order valence-electron chi connectivity index (χ0n) is 18.2. The predicted molar refractivity (Wildman–Crippen MR) is 117 cm³/mol. The molecule has 0 spiro atoms. The molecule has 0 unspecified atom stereocenters. The Labute approximate surface area is 190 Å². The van der Waals surface area contributed by atoms with Gasteiger partial charge in [-0.05, 0) is 18.2 Å². The number of aliphatic hydroxyl groups is 1. The van der Waals surface area contributed by atoms with E-state index in [0.29, 0.717) is 28.5 Å². The third-order valence-electron chi connectivity index (χ3n) is 4.84. The number of hydrogen-bond donors (Lipinski definition) is 4. The Balaban J connectivity index is 1.87. The average molecular weight is 458 g/mol. The molecule has 0 aromatic heterocycles. The number of anilines is 1. The van der Waals surface area contributed by atoms with E-state index >= 15 is 0 Å². The highest BCUT2D eigenvalue weighted by Gasteiger charge is 2.35. The summed E-state index contributed by atoms with van der Waals surface area (Å²) in [4.78, 5) is 24.4. The van der Waals surface area contributed by atoms with Crippen molar-refractivity contribution in [2.24, 2.45) is 5.41 Å². The maximum atomic E-state index is 12.8. The van der Waals surface area contributed by atoms with Crippen LogP contribution in [-0.2, 0) is 9.53 Å². The van der Waals surface area contributed by atoms with Crippen molar-refractivity contribution in [2.45, 2.75) is 20.0 Å². The van der Waals surface area contributed by atoms with Crippen LogP contribution in [-0.4, -0.2) is 42.3 Å². The van der Waals surface area contributed by atoms with Crippen molar-refractivity contribution >= 4 is 17.7 Å². The first-order valence-corrected chi connectivity index (χ1v) is 10.2. The lowest BCUT2D eigenvalue weighted by Crippen LogP contribution is -2.28. The van der Waals surface area contributed by atoms with Crippen LogP contribution in [0.2, 0.25) is 0 Å². The van der Waals surface area contributed by atoms with E-state index in [9.17, 15) is 9.59 Å². The molecule has 2 aromatic rings. The van der Waals surface area contributed by atoms with Crippen molar-refractivity contribution in [3.05, 3.63) is 60.2 Å². The van der Waals surface area contributed by atoms with Crippen molar-refractivity contribution in [3.8, 4) is 17.2 Å². The molecule has 2 aromatic carbocycles. The molecular weight excluding hydrogens is 432 g/mol. The quantitative estimate of drug-likeness (QED) is 0.256. The molecule has 2 amide bonds. The van der Waals surface area contributed by atoms with Gasteiger partial charge in [0, 0.05) is 28.8 Å². The Bertz CT molecular complexity index is 1020. The summed E-state index contributed by atoms with van der Waals surface area (Å²) in [6.45, 7) is 3.49. The second-order valence-corrected chi connectivity index (χ2v) is 7.72. The van der Waals surface area contributed by atoms with E-state index in [4.69, 9.17) is 29.3 Å². The largest absolute Gasteiger partial charge is 0.491 e. The maximum absolute atomic E-state index is 12.8. The smallest absolute Gasteiger partial charge is 0.412 e. The SMILES string of the molecule is CC(C)(/C=C/C(=O)NO)[C@H](OC(=O)Nc1ccc2c(c1)OCO2)c1ccccc1OCCO. The second kappa shape index (κ2) is 10.7. The first-order chi connectivity index (χ1) is 15.8. The molecule has 3 rings (SSSR count). The summed E-state index contributed by atoms with van der Waals surface area (Å²) in [5.74, 6) is 0.775. The van der Waals surface area contributed by atoms with Crippen LogP contribution in [0.25, 0.3) is 0 Å². The molecule has 33 heavy (non-hydrogen) atoms. The minimum Gasteiger partial charge on any atom is -0.491 e. The van der Waals surface area contributed by atoms with E-state index in [-0.39, 0.29) is 20.0 Å². The van der Waals surface area contributed by atoms with E-state index in [1.54, 1.807) is 56.3 Å². The third-order valence-corrected chi connectivity index (χ3v) is 4.84. The number of nitrogens with one attached hydrogen (secondary N) is 2. The Morgan fingerprint density at radius 2 is 1.94 bits per heavy atom. The number of carbonyl (C=O) groups excluding carboxylic acids is 2. The summed E-state index contributed by atoms with van der Waals surface area (Å²) < 4.78 is 22.0. The van der Waals surface area contributed by atoms with E-state index in [1.165, 1.54) is 11.6 Å². The number of amides is 2. The number of carbonyl (C=O) groups is 2. The van der Waals surface area contributed by atoms with Crippen LogP contribution in [0.1, 0.15) is 25.5 Å². The van der Waals surface area contributed by atoms with Gasteiger partial charge in [0.05, 0.1) is 6.61 Å². The number of benzene rings is 2. The summed E-state index contributed by atoms with van der Waals surface area (Å²) in [5.41, 5.74) is 1.60. The van der Waals surface area contributed by atoms with Gasteiger partial charge in [-0.3, -0.25) is 15.3 Å². The summed E-state index contributed by atoms with van der Waals surface area (Å²) in [5, 5.41) is 20.6. The molecule has 0 radical (unpaired) electrons. The van der Waals surface area contributed by atoms with Gasteiger partial charge in [0.1, 0.15) is 18.5 Å². The minimum absolute atomic E-state index is 0.0519. The fraction of sp³-hybridized carbons (Fsp3) is 0.304. The van der Waals surface area contributed by atoms with Crippen molar-refractivity contribution in [1.82, 2.24) is 5.48 Å². The number of para-hydroxylation sites is 1. The lowest BCUT2D eigenvalue weighted by molar-refractivity contribution is -0.124. The van der Waals surface area contributed by atoms with Gasteiger partial charge in [-0.1, -0.05) is 38.1 Å². The van der Waals surface area contributed by atoms with Gasteiger partial charge in [0.2, 0.25) is 6.79 Å².